The van der Waals surface area contributed by atoms with Crippen molar-refractivity contribution in [3.05, 3.63) is 85.1 Å². The van der Waals surface area contributed by atoms with Crippen LogP contribution in [0.1, 0.15) is 265 Å². The molecule has 0 heterocycles. The number of rotatable bonds is 51. The summed E-state index contributed by atoms with van der Waals surface area (Å²) in [7, 11) is 0. The Bertz CT molecular complexity index is 1220. The quantitative estimate of drug-likeness (QED) is 0.0346. The molecule has 380 valence electrons. The molecule has 0 saturated carbocycles. The molecule has 0 rings (SSSR count). The molecule has 0 bridgehead atoms. The molecule has 0 aromatic rings. The van der Waals surface area contributed by atoms with Crippen LogP contribution < -0.4 is 0 Å². The first-order chi connectivity index (χ1) is 32.6. The zero-order chi connectivity index (χ0) is 47.7. The zero-order valence-electron chi connectivity index (χ0n) is 43.7. The number of carbonyl (C=O) groups excluding carboxylic acids is 2. The third kappa shape index (κ3) is 53.7. The van der Waals surface area contributed by atoms with Gasteiger partial charge in [-0.3, -0.25) is 9.59 Å². The summed E-state index contributed by atoms with van der Waals surface area (Å²) in [5, 5.41) is 0. The van der Waals surface area contributed by atoms with E-state index in [1.165, 1.54) is 135 Å². The molecule has 0 aliphatic carbocycles. The molecule has 0 aliphatic heterocycles. The number of unbranched alkanes of at least 4 members (excludes halogenated alkanes) is 26. The highest BCUT2D eigenvalue weighted by Gasteiger charge is 2.17. The Morgan fingerprint density at radius 3 is 1.15 bits per heavy atom. The Hall–Kier alpha value is -2.92. The predicted molar refractivity (Wildman–Crippen MR) is 288 cm³/mol. The Morgan fingerprint density at radius 2 is 0.697 bits per heavy atom. The van der Waals surface area contributed by atoms with E-state index in [1.54, 1.807) is 0 Å². The fraction of sp³-hybridized carbons (Fsp3) is 0.738. The number of esters is 2. The number of ether oxygens (including phenoxy) is 3. The van der Waals surface area contributed by atoms with Gasteiger partial charge in [0.2, 0.25) is 0 Å². The molecule has 1 unspecified atom stereocenters. The third-order valence-corrected chi connectivity index (χ3v) is 11.9. The first-order valence-corrected chi connectivity index (χ1v) is 28.1. The van der Waals surface area contributed by atoms with Crippen molar-refractivity contribution in [1.82, 2.24) is 0 Å². The van der Waals surface area contributed by atoms with Crippen LogP contribution >= 0.6 is 0 Å². The minimum absolute atomic E-state index is 0.0706. The van der Waals surface area contributed by atoms with Crippen LogP contribution in [0, 0.1) is 0 Å². The summed E-state index contributed by atoms with van der Waals surface area (Å²) in [5.41, 5.74) is 0. The average molecular weight is 920 g/mol. The Balaban J connectivity index is 4.24. The van der Waals surface area contributed by atoms with Gasteiger partial charge in [-0.05, 0) is 109 Å². The van der Waals surface area contributed by atoms with Crippen LogP contribution in [0.2, 0.25) is 0 Å². The zero-order valence-corrected chi connectivity index (χ0v) is 43.7. The van der Waals surface area contributed by atoms with E-state index in [-0.39, 0.29) is 25.2 Å². The molecule has 1 atom stereocenters. The van der Waals surface area contributed by atoms with Crippen LogP contribution in [0.25, 0.3) is 0 Å². The van der Waals surface area contributed by atoms with Gasteiger partial charge in [0.15, 0.2) is 6.10 Å². The van der Waals surface area contributed by atoms with Gasteiger partial charge in [0.25, 0.3) is 0 Å². The Labute approximate surface area is 409 Å². The molecule has 0 aromatic carbocycles. The van der Waals surface area contributed by atoms with Crippen LogP contribution in [-0.4, -0.2) is 37.9 Å². The molecule has 66 heavy (non-hydrogen) atoms. The SMILES string of the molecule is CC/C=C\C/C=C\C/C=C\C/C=C\CCCCCCCCC(=O)OCC(COCCCCCCCCCCCC/C=C\C/C=C\CCCCC)OC(=O)CCCCCCC/C=C\CCCC. The van der Waals surface area contributed by atoms with E-state index in [9.17, 15) is 9.59 Å². The molecular weight excluding hydrogens is 813 g/mol. The molecule has 0 aliphatic rings. The molecule has 0 aromatic heterocycles. The van der Waals surface area contributed by atoms with Gasteiger partial charge < -0.3 is 14.2 Å². The molecule has 0 saturated heterocycles. The van der Waals surface area contributed by atoms with Crippen LogP contribution in [0.3, 0.4) is 0 Å². The highest BCUT2D eigenvalue weighted by molar-refractivity contribution is 5.70. The maximum absolute atomic E-state index is 12.8. The summed E-state index contributed by atoms with van der Waals surface area (Å²) in [6, 6.07) is 0. The van der Waals surface area contributed by atoms with Gasteiger partial charge in [0, 0.05) is 19.4 Å². The lowest BCUT2D eigenvalue weighted by atomic mass is 10.1. The Kier molecular flexibility index (Phi) is 53.9. The minimum Gasteiger partial charge on any atom is -0.462 e. The first-order valence-electron chi connectivity index (χ1n) is 28.1. The lowest BCUT2D eigenvalue weighted by molar-refractivity contribution is -0.163. The highest BCUT2D eigenvalue weighted by Crippen LogP contribution is 2.14. The molecule has 0 spiro atoms. The molecule has 0 amide bonds. The molecule has 5 heteroatoms. The third-order valence-electron chi connectivity index (χ3n) is 11.9. The van der Waals surface area contributed by atoms with E-state index in [4.69, 9.17) is 14.2 Å². The maximum atomic E-state index is 12.8. The van der Waals surface area contributed by atoms with Gasteiger partial charge in [0.1, 0.15) is 6.61 Å². The van der Waals surface area contributed by atoms with Crippen molar-refractivity contribution in [3.63, 3.8) is 0 Å². The summed E-state index contributed by atoms with van der Waals surface area (Å²) >= 11 is 0. The summed E-state index contributed by atoms with van der Waals surface area (Å²) in [6.07, 6.45) is 74.6. The standard InChI is InChI=1S/C61H106O5/c1-4-7-10-13-16-19-22-24-26-28-30-32-34-36-38-41-44-47-50-53-56-64-57-59(66-61(63)55-52-49-46-43-39-21-18-15-12-9-6-3)58-65-60(62)54-51-48-45-42-40-37-35-33-31-29-27-25-23-20-17-14-11-8-5-2/h8,11,15-20,24-27,31,33,59H,4-7,9-10,12-14,21-23,28-30,32,34-58H2,1-3H3/b11-8-,18-15-,19-16-,20-17-,26-24-,27-25-,33-31-. The molecule has 0 fully saturated rings. The summed E-state index contributed by atoms with van der Waals surface area (Å²) in [6.45, 7) is 7.64. The number of carbonyl (C=O) groups is 2. The van der Waals surface area contributed by atoms with Crippen molar-refractivity contribution in [3.8, 4) is 0 Å². The summed E-state index contributed by atoms with van der Waals surface area (Å²) in [4.78, 5) is 25.4. The summed E-state index contributed by atoms with van der Waals surface area (Å²) < 4.78 is 17.4. The van der Waals surface area contributed by atoms with E-state index in [0.717, 1.165) is 96.3 Å². The van der Waals surface area contributed by atoms with Crippen molar-refractivity contribution in [2.75, 3.05) is 19.8 Å². The summed E-state index contributed by atoms with van der Waals surface area (Å²) in [5.74, 6) is -0.423. The lowest BCUT2D eigenvalue weighted by Crippen LogP contribution is -2.30. The van der Waals surface area contributed by atoms with E-state index < -0.39 is 6.10 Å². The van der Waals surface area contributed by atoms with Gasteiger partial charge in [-0.1, -0.05) is 228 Å². The van der Waals surface area contributed by atoms with E-state index in [1.807, 2.05) is 0 Å². The van der Waals surface area contributed by atoms with Crippen molar-refractivity contribution in [2.45, 2.75) is 271 Å². The van der Waals surface area contributed by atoms with Crippen molar-refractivity contribution < 1.29 is 23.8 Å². The highest BCUT2D eigenvalue weighted by atomic mass is 16.6. The fourth-order valence-corrected chi connectivity index (χ4v) is 7.69. The normalized spacial score (nSPS) is 12.8. The predicted octanol–water partition coefficient (Wildman–Crippen LogP) is 19.2. The van der Waals surface area contributed by atoms with Crippen molar-refractivity contribution in [1.29, 1.82) is 0 Å². The topological polar surface area (TPSA) is 61.8 Å². The smallest absolute Gasteiger partial charge is 0.306 e. The van der Waals surface area contributed by atoms with Crippen LogP contribution in [0.5, 0.6) is 0 Å². The minimum atomic E-state index is -0.551. The van der Waals surface area contributed by atoms with Crippen LogP contribution in [0.15, 0.2) is 85.1 Å². The number of allylic oxidation sites excluding steroid dienone is 14. The second-order valence-corrected chi connectivity index (χ2v) is 18.4. The van der Waals surface area contributed by atoms with Crippen molar-refractivity contribution >= 4 is 11.9 Å². The van der Waals surface area contributed by atoms with Crippen LogP contribution in [0.4, 0.5) is 0 Å². The molecule has 5 nitrogen and oxygen atoms in total. The van der Waals surface area contributed by atoms with Gasteiger partial charge >= 0.3 is 11.9 Å². The Morgan fingerprint density at radius 1 is 0.348 bits per heavy atom. The van der Waals surface area contributed by atoms with E-state index in [2.05, 4.69) is 106 Å². The maximum Gasteiger partial charge on any atom is 0.306 e. The van der Waals surface area contributed by atoms with Crippen molar-refractivity contribution in [2.24, 2.45) is 0 Å². The van der Waals surface area contributed by atoms with Crippen LogP contribution in [-0.2, 0) is 23.8 Å². The van der Waals surface area contributed by atoms with E-state index in [0.29, 0.717) is 19.4 Å². The van der Waals surface area contributed by atoms with Gasteiger partial charge in [-0.15, -0.1) is 0 Å². The second-order valence-electron chi connectivity index (χ2n) is 18.4. The largest absolute Gasteiger partial charge is 0.462 e. The monoisotopic (exact) mass is 919 g/mol. The van der Waals surface area contributed by atoms with Gasteiger partial charge in [-0.2, -0.15) is 0 Å². The molecular formula is C61H106O5. The number of hydrogen-bond donors (Lipinski definition) is 0. The van der Waals surface area contributed by atoms with E-state index >= 15 is 0 Å². The number of hydrogen-bond acceptors (Lipinski definition) is 5. The first kappa shape index (κ1) is 63.1. The second kappa shape index (κ2) is 56.4. The average Bonchev–Trinajstić information content (AvgIpc) is 3.32. The van der Waals surface area contributed by atoms with Gasteiger partial charge in [-0.25, -0.2) is 0 Å². The fourth-order valence-electron chi connectivity index (χ4n) is 7.69. The lowest BCUT2D eigenvalue weighted by Gasteiger charge is -2.18. The molecule has 0 N–H and O–H groups in total. The van der Waals surface area contributed by atoms with Gasteiger partial charge in [0.05, 0.1) is 6.61 Å². The molecule has 0 radical (unpaired) electrons.